The lowest BCUT2D eigenvalue weighted by Crippen LogP contribution is -2.25. The highest BCUT2D eigenvalue weighted by Gasteiger charge is 2.17. The van der Waals surface area contributed by atoms with E-state index in [1.807, 2.05) is 6.92 Å². The maximum absolute atomic E-state index is 11.9. The van der Waals surface area contributed by atoms with Gasteiger partial charge in [0.2, 0.25) is 6.79 Å². The second-order valence-electron chi connectivity index (χ2n) is 4.65. The van der Waals surface area contributed by atoms with Crippen LogP contribution in [0.1, 0.15) is 18.6 Å². The molecule has 3 rings (SSSR count). The van der Waals surface area contributed by atoms with Crippen molar-refractivity contribution in [1.29, 1.82) is 0 Å². The molecule has 106 valence electrons. The van der Waals surface area contributed by atoms with Crippen molar-refractivity contribution < 1.29 is 14.6 Å². The van der Waals surface area contributed by atoms with E-state index in [-0.39, 0.29) is 19.0 Å². The van der Waals surface area contributed by atoms with Crippen LogP contribution in [0.4, 0.5) is 0 Å². The van der Waals surface area contributed by atoms with Gasteiger partial charge in [0.05, 0.1) is 12.6 Å². The van der Waals surface area contributed by atoms with E-state index in [1.165, 1.54) is 4.57 Å². The van der Waals surface area contributed by atoms with Crippen LogP contribution in [0.5, 0.6) is 11.5 Å². The first-order valence-electron chi connectivity index (χ1n) is 6.52. The Kier molecular flexibility index (Phi) is 3.23. The first-order valence-corrected chi connectivity index (χ1v) is 6.52. The molecule has 1 aliphatic heterocycles. The second kappa shape index (κ2) is 5.05. The number of imidazole rings is 1. The minimum atomic E-state index is -0.769. The molecule has 0 aliphatic carbocycles. The molecule has 0 amide bonds. The third-order valence-corrected chi connectivity index (χ3v) is 3.41. The molecule has 6 nitrogen and oxygen atoms in total. The number of aryl methyl sites for hydroxylation is 1. The molecule has 0 radical (unpaired) electrons. The summed E-state index contributed by atoms with van der Waals surface area (Å²) in [6.45, 7) is 2.94. The Bertz CT molecular complexity index is 674. The molecule has 2 heterocycles. The SMILES string of the molecule is CCn1ccn(CC(O)c2ccc3c(c2)OCO3)c1=O. The summed E-state index contributed by atoms with van der Waals surface area (Å²) in [4.78, 5) is 11.9. The molecule has 6 heteroatoms. The van der Waals surface area contributed by atoms with Crippen molar-refractivity contribution in [2.24, 2.45) is 0 Å². The van der Waals surface area contributed by atoms with E-state index in [2.05, 4.69) is 0 Å². The summed E-state index contributed by atoms with van der Waals surface area (Å²) in [6, 6.07) is 5.29. The van der Waals surface area contributed by atoms with Crippen molar-refractivity contribution in [1.82, 2.24) is 9.13 Å². The number of hydrogen-bond donors (Lipinski definition) is 1. The van der Waals surface area contributed by atoms with Crippen molar-refractivity contribution in [3.05, 3.63) is 46.6 Å². The van der Waals surface area contributed by atoms with Crippen LogP contribution in [-0.4, -0.2) is 21.0 Å². The first-order chi connectivity index (χ1) is 9.69. The smallest absolute Gasteiger partial charge is 0.328 e. The fourth-order valence-corrected chi connectivity index (χ4v) is 2.25. The van der Waals surface area contributed by atoms with Gasteiger partial charge in [-0.25, -0.2) is 4.79 Å². The Morgan fingerprint density at radius 1 is 1.25 bits per heavy atom. The maximum atomic E-state index is 11.9. The number of aliphatic hydroxyl groups excluding tert-OH is 1. The zero-order valence-corrected chi connectivity index (χ0v) is 11.2. The molecular weight excluding hydrogens is 260 g/mol. The molecule has 1 aromatic heterocycles. The van der Waals surface area contributed by atoms with Crippen LogP contribution in [0, 0.1) is 0 Å². The Morgan fingerprint density at radius 2 is 2.00 bits per heavy atom. The molecule has 0 spiro atoms. The highest BCUT2D eigenvalue weighted by Crippen LogP contribution is 2.34. The van der Waals surface area contributed by atoms with Crippen molar-refractivity contribution in [3.63, 3.8) is 0 Å². The highest BCUT2D eigenvalue weighted by atomic mass is 16.7. The number of ether oxygens (including phenoxy) is 2. The average molecular weight is 276 g/mol. The minimum absolute atomic E-state index is 0.118. The van der Waals surface area contributed by atoms with Crippen LogP contribution < -0.4 is 15.2 Å². The van der Waals surface area contributed by atoms with E-state index in [0.29, 0.717) is 23.6 Å². The van der Waals surface area contributed by atoms with Gasteiger partial charge in [-0.2, -0.15) is 0 Å². The second-order valence-corrected chi connectivity index (χ2v) is 4.65. The van der Waals surface area contributed by atoms with Gasteiger partial charge < -0.3 is 14.6 Å². The molecule has 0 fully saturated rings. The Balaban J connectivity index is 1.80. The van der Waals surface area contributed by atoms with E-state index in [4.69, 9.17) is 9.47 Å². The quantitative estimate of drug-likeness (QED) is 0.909. The predicted octanol–water partition coefficient (Wildman–Crippen LogP) is 1.13. The lowest BCUT2D eigenvalue weighted by molar-refractivity contribution is 0.154. The van der Waals surface area contributed by atoms with Crippen LogP contribution in [-0.2, 0) is 13.1 Å². The molecule has 2 aromatic rings. The molecule has 0 saturated heterocycles. The maximum Gasteiger partial charge on any atom is 0.328 e. The Labute approximate surface area is 115 Å². The third-order valence-electron chi connectivity index (χ3n) is 3.41. The van der Waals surface area contributed by atoms with Gasteiger partial charge in [-0.1, -0.05) is 6.07 Å². The number of aromatic nitrogens is 2. The van der Waals surface area contributed by atoms with E-state index in [0.717, 1.165) is 0 Å². The molecule has 1 aliphatic rings. The number of fused-ring (bicyclic) bond motifs is 1. The van der Waals surface area contributed by atoms with Gasteiger partial charge in [-0.15, -0.1) is 0 Å². The molecule has 1 atom stereocenters. The van der Waals surface area contributed by atoms with Crippen LogP contribution in [0.15, 0.2) is 35.4 Å². The lowest BCUT2D eigenvalue weighted by atomic mass is 10.1. The van der Waals surface area contributed by atoms with Gasteiger partial charge in [-0.05, 0) is 24.6 Å². The van der Waals surface area contributed by atoms with E-state index in [1.54, 1.807) is 35.2 Å². The summed E-state index contributed by atoms with van der Waals surface area (Å²) in [5, 5.41) is 10.2. The van der Waals surface area contributed by atoms with Crippen LogP contribution >= 0.6 is 0 Å². The number of rotatable bonds is 4. The fourth-order valence-electron chi connectivity index (χ4n) is 2.25. The number of benzene rings is 1. The zero-order chi connectivity index (χ0) is 14.1. The van der Waals surface area contributed by atoms with Crippen LogP contribution in [0.2, 0.25) is 0 Å². The largest absolute Gasteiger partial charge is 0.454 e. The molecular formula is C14H16N2O4. The Hall–Kier alpha value is -2.21. The monoisotopic (exact) mass is 276 g/mol. The molecule has 1 unspecified atom stereocenters. The van der Waals surface area contributed by atoms with Crippen molar-refractivity contribution in [2.45, 2.75) is 26.1 Å². The summed E-state index contributed by atoms with van der Waals surface area (Å²) >= 11 is 0. The normalized spacial score (nSPS) is 14.5. The van der Waals surface area contributed by atoms with Crippen LogP contribution in [0.3, 0.4) is 0 Å². The summed E-state index contributed by atoms with van der Waals surface area (Å²) in [6.07, 6.45) is 2.63. The minimum Gasteiger partial charge on any atom is -0.454 e. The Morgan fingerprint density at radius 3 is 2.75 bits per heavy atom. The van der Waals surface area contributed by atoms with Crippen molar-refractivity contribution >= 4 is 0 Å². The van der Waals surface area contributed by atoms with Gasteiger partial charge in [-0.3, -0.25) is 9.13 Å². The van der Waals surface area contributed by atoms with Gasteiger partial charge in [0.1, 0.15) is 0 Å². The topological polar surface area (TPSA) is 65.6 Å². The lowest BCUT2D eigenvalue weighted by Gasteiger charge is -2.11. The number of hydrogen-bond acceptors (Lipinski definition) is 4. The summed E-state index contributed by atoms with van der Waals surface area (Å²) in [5.41, 5.74) is 0.581. The predicted molar refractivity (Wildman–Crippen MR) is 71.9 cm³/mol. The van der Waals surface area contributed by atoms with E-state index < -0.39 is 6.10 Å². The zero-order valence-electron chi connectivity index (χ0n) is 11.2. The van der Waals surface area contributed by atoms with Gasteiger partial charge in [0.15, 0.2) is 11.5 Å². The van der Waals surface area contributed by atoms with Gasteiger partial charge >= 0.3 is 5.69 Å². The molecule has 0 bridgehead atoms. The van der Waals surface area contributed by atoms with Crippen molar-refractivity contribution in [2.75, 3.05) is 6.79 Å². The third kappa shape index (κ3) is 2.18. The molecule has 1 aromatic carbocycles. The van der Waals surface area contributed by atoms with E-state index >= 15 is 0 Å². The number of nitrogens with zero attached hydrogens (tertiary/aromatic N) is 2. The van der Waals surface area contributed by atoms with Gasteiger partial charge in [0, 0.05) is 18.9 Å². The summed E-state index contributed by atoms with van der Waals surface area (Å²) in [7, 11) is 0. The van der Waals surface area contributed by atoms with E-state index in [9.17, 15) is 9.90 Å². The number of aliphatic hydroxyl groups is 1. The highest BCUT2D eigenvalue weighted by molar-refractivity contribution is 5.45. The van der Waals surface area contributed by atoms with Crippen molar-refractivity contribution in [3.8, 4) is 11.5 Å². The van der Waals surface area contributed by atoms with Crippen LogP contribution in [0.25, 0.3) is 0 Å². The summed E-state index contributed by atoms with van der Waals surface area (Å²) in [5.74, 6) is 1.30. The first kappa shape index (κ1) is 12.8. The average Bonchev–Trinajstić information content (AvgIpc) is 3.05. The summed E-state index contributed by atoms with van der Waals surface area (Å²) < 4.78 is 13.6. The molecule has 0 saturated carbocycles. The van der Waals surface area contributed by atoms with Gasteiger partial charge in [0.25, 0.3) is 0 Å². The molecule has 20 heavy (non-hydrogen) atoms. The fraction of sp³-hybridized carbons (Fsp3) is 0.357. The standard InChI is InChI=1S/C14H16N2O4/c1-2-15-5-6-16(14(15)18)8-11(17)10-3-4-12-13(7-10)20-9-19-12/h3-7,11,17H,2,8-9H2,1H3. The molecule has 1 N–H and O–H groups in total.